The second-order valence-electron chi connectivity index (χ2n) is 8.18. The molecule has 1 aliphatic heterocycles. The number of carbonyl (C=O) groups is 1. The largest absolute Gasteiger partial charge is 0.367 e. The number of hydrogen-bond donors (Lipinski definition) is 0. The summed E-state index contributed by atoms with van der Waals surface area (Å²) in [6, 6.07) is 24.1. The van der Waals surface area contributed by atoms with E-state index in [0.717, 1.165) is 35.0 Å². The van der Waals surface area contributed by atoms with Crippen molar-refractivity contribution in [3.05, 3.63) is 84.2 Å². The van der Waals surface area contributed by atoms with E-state index in [0.29, 0.717) is 38.0 Å². The van der Waals surface area contributed by atoms with Crippen LogP contribution < -0.4 is 0 Å². The summed E-state index contributed by atoms with van der Waals surface area (Å²) in [5.41, 5.74) is 2.01. The van der Waals surface area contributed by atoms with Gasteiger partial charge in [0.2, 0.25) is 5.91 Å². The van der Waals surface area contributed by atoms with Crippen LogP contribution in [-0.4, -0.2) is 58.6 Å². The van der Waals surface area contributed by atoms with Gasteiger partial charge < -0.3 is 14.2 Å². The van der Waals surface area contributed by atoms with Gasteiger partial charge in [-0.05, 0) is 22.4 Å². The zero-order valence-corrected chi connectivity index (χ0v) is 18.4. The number of benzene rings is 3. The summed E-state index contributed by atoms with van der Waals surface area (Å²) in [6.45, 7) is 4.02. The van der Waals surface area contributed by atoms with E-state index in [4.69, 9.17) is 9.26 Å². The van der Waals surface area contributed by atoms with E-state index >= 15 is 0 Å². The van der Waals surface area contributed by atoms with Gasteiger partial charge in [-0.1, -0.05) is 71.9 Å². The van der Waals surface area contributed by atoms with Crippen LogP contribution >= 0.6 is 0 Å². The lowest BCUT2D eigenvalue weighted by molar-refractivity contribution is -0.138. The van der Waals surface area contributed by atoms with Crippen molar-refractivity contribution in [1.29, 1.82) is 0 Å². The Balaban J connectivity index is 1.12. The summed E-state index contributed by atoms with van der Waals surface area (Å²) in [4.78, 5) is 21.2. The average Bonchev–Trinajstić information content (AvgIpc) is 3.33. The average molecular weight is 443 g/mol. The van der Waals surface area contributed by atoms with Crippen LogP contribution in [0.5, 0.6) is 0 Å². The van der Waals surface area contributed by atoms with Crippen LogP contribution in [0, 0.1) is 0 Å². The van der Waals surface area contributed by atoms with Crippen molar-refractivity contribution in [2.45, 2.75) is 13.2 Å². The van der Waals surface area contributed by atoms with Gasteiger partial charge in [-0.2, -0.15) is 4.98 Å². The number of piperazine rings is 1. The van der Waals surface area contributed by atoms with Gasteiger partial charge in [0.15, 0.2) is 5.82 Å². The number of nitrogens with zero attached hydrogens (tertiary/aromatic N) is 4. The molecule has 33 heavy (non-hydrogen) atoms. The summed E-state index contributed by atoms with van der Waals surface area (Å²) in [7, 11) is 0. The Kier molecular flexibility index (Phi) is 6.41. The second-order valence-corrected chi connectivity index (χ2v) is 8.18. The molecule has 1 amide bonds. The molecule has 0 bridgehead atoms. The van der Waals surface area contributed by atoms with Gasteiger partial charge in [-0.3, -0.25) is 9.69 Å². The molecule has 0 saturated carbocycles. The van der Waals surface area contributed by atoms with Gasteiger partial charge >= 0.3 is 0 Å². The minimum Gasteiger partial charge on any atom is -0.367 e. The first kappa shape index (κ1) is 21.3. The lowest BCUT2D eigenvalue weighted by Gasteiger charge is -2.34. The second kappa shape index (κ2) is 9.94. The minimum atomic E-state index is 0.0309. The standard InChI is InChI=1S/C26H26N4O3/c31-25(19-32-18-20-7-2-1-3-8-20)30-15-13-29(14-16-30)17-24-27-26(33-28-24)23-12-6-10-21-9-4-5-11-22(21)23/h1-12H,13-19H2. The van der Waals surface area contributed by atoms with Gasteiger partial charge in [0.25, 0.3) is 5.89 Å². The number of carbonyl (C=O) groups excluding carboxylic acids is 1. The van der Waals surface area contributed by atoms with Gasteiger partial charge in [-0.25, -0.2) is 0 Å². The summed E-state index contributed by atoms with van der Waals surface area (Å²) in [6.07, 6.45) is 0. The lowest BCUT2D eigenvalue weighted by atomic mass is 10.0. The molecule has 1 aliphatic rings. The molecule has 1 saturated heterocycles. The monoisotopic (exact) mass is 442 g/mol. The highest BCUT2D eigenvalue weighted by atomic mass is 16.5. The zero-order valence-electron chi connectivity index (χ0n) is 18.4. The number of fused-ring (bicyclic) bond motifs is 1. The maximum atomic E-state index is 12.5. The highest BCUT2D eigenvalue weighted by molar-refractivity contribution is 5.94. The number of amides is 1. The number of aromatic nitrogens is 2. The van der Waals surface area contributed by atoms with Crippen molar-refractivity contribution in [1.82, 2.24) is 19.9 Å². The Morgan fingerprint density at radius 1 is 0.909 bits per heavy atom. The summed E-state index contributed by atoms with van der Waals surface area (Å²) in [5.74, 6) is 1.22. The van der Waals surface area contributed by atoms with Gasteiger partial charge in [0.05, 0.1) is 13.2 Å². The highest BCUT2D eigenvalue weighted by Crippen LogP contribution is 2.27. The molecular formula is C26H26N4O3. The van der Waals surface area contributed by atoms with E-state index in [1.165, 1.54) is 0 Å². The molecule has 0 spiro atoms. The van der Waals surface area contributed by atoms with Gasteiger partial charge in [0.1, 0.15) is 6.61 Å². The summed E-state index contributed by atoms with van der Waals surface area (Å²) in [5, 5.41) is 6.42. The van der Waals surface area contributed by atoms with Crippen molar-refractivity contribution in [3.63, 3.8) is 0 Å². The molecule has 0 aliphatic carbocycles. The Morgan fingerprint density at radius 2 is 1.67 bits per heavy atom. The molecule has 0 unspecified atom stereocenters. The van der Waals surface area contributed by atoms with Crippen molar-refractivity contribution < 1.29 is 14.1 Å². The van der Waals surface area contributed by atoms with Gasteiger partial charge in [0, 0.05) is 31.7 Å². The summed E-state index contributed by atoms with van der Waals surface area (Å²) >= 11 is 0. The van der Waals surface area contributed by atoms with Crippen LogP contribution in [0.25, 0.3) is 22.2 Å². The van der Waals surface area contributed by atoms with E-state index in [9.17, 15) is 4.79 Å². The van der Waals surface area contributed by atoms with Crippen LogP contribution in [-0.2, 0) is 22.7 Å². The van der Waals surface area contributed by atoms with Crippen molar-refractivity contribution >= 4 is 16.7 Å². The van der Waals surface area contributed by atoms with E-state index in [-0.39, 0.29) is 12.5 Å². The third kappa shape index (κ3) is 5.10. The Labute approximate surface area is 192 Å². The van der Waals surface area contributed by atoms with E-state index < -0.39 is 0 Å². The Hall–Kier alpha value is -3.55. The SMILES string of the molecule is O=C(COCc1ccccc1)N1CCN(Cc2noc(-c3cccc4ccccc34)n2)CC1. The minimum absolute atomic E-state index is 0.0309. The predicted octanol–water partition coefficient (Wildman–Crippen LogP) is 3.75. The fourth-order valence-corrected chi connectivity index (χ4v) is 4.12. The van der Waals surface area contributed by atoms with Crippen LogP contribution in [0.15, 0.2) is 77.3 Å². The molecule has 3 aromatic carbocycles. The lowest BCUT2D eigenvalue weighted by Crippen LogP contribution is -2.49. The van der Waals surface area contributed by atoms with E-state index in [1.807, 2.05) is 59.5 Å². The van der Waals surface area contributed by atoms with Crippen molar-refractivity contribution in [3.8, 4) is 11.5 Å². The molecule has 0 atom stereocenters. The zero-order chi connectivity index (χ0) is 22.5. The third-order valence-electron chi connectivity index (χ3n) is 5.92. The van der Waals surface area contributed by atoms with E-state index in [2.05, 4.69) is 33.2 Å². The maximum absolute atomic E-state index is 12.5. The molecule has 0 radical (unpaired) electrons. The Morgan fingerprint density at radius 3 is 2.52 bits per heavy atom. The summed E-state index contributed by atoms with van der Waals surface area (Å²) < 4.78 is 11.2. The maximum Gasteiger partial charge on any atom is 0.258 e. The van der Waals surface area contributed by atoms with Crippen LogP contribution in [0.1, 0.15) is 11.4 Å². The molecule has 7 heteroatoms. The molecule has 1 fully saturated rings. The molecule has 168 valence electrons. The first-order valence-electron chi connectivity index (χ1n) is 11.2. The molecule has 4 aromatic rings. The number of ether oxygens (including phenoxy) is 1. The predicted molar refractivity (Wildman–Crippen MR) is 125 cm³/mol. The van der Waals surface area contributed by atoms with Crippen LogP contribution in [0.3, 0.4) is 0 Å². The molecule has 0 N–H and O–H groups in total. The smallest absolute Gasteiger partial charge is 0.258 e. The number of rotatable bonds is 7. The third-order valence-corrected chi connectivity index (χ3v) is 5.92. The van der Waals surface area contributed by atoms with Gasteiger partial charge in [-0.15, -0.1) is 0 Å². The first-order chi connectivity index (χ1) is 16.3. The topological polar surface area (TPSA) is 71.7 Å². The van der Waals surface area contributed by atoms with Crippen molar-refractivity contribution in [2.75, 3.05) is 32.8 Å². The molecule has 5 rings (SSSR count). The van der Waals surface area contributed by atoms with E-state index in [1.54, 1.807) is 0 Å². The quantitative estimate of drug-likeness (QED) is 0.434. The van der Waals surface area contributed by atoms with Crippen LogP contribution in [0.4, 0.5) is 0 Å². The van der Waals surface area contributed by atoms with Crippen LogP contribution in [0.2, 0.25) is 0 Å². The normalized spacial score (nSPS) is 14.6. The molecule has 1 aromatic heterocycles. The molecule has 7 nitrogen and oxygen atoms in total. The first-order valence-corrected chi connectivity index (χ1v) is 11.2. The fraction of sp³-hybridized carbons (Fsp3) is 0.269. The van der Waals surface area contributed by atoms with Crippen molar-refractivity contribution in [2.24, 2.45) is 0 Å². The highest BCUT2D eigenvalue weighted by Gasteiger charge is 2.22. The molecular weight excluding hydrogens is 416 g/mol. The Bertz CT molecular complexity index is 1210. The fourth-order valence-electron chi connectivity index (χ4n) is 4.12. The number of hydrogen-bond acceptors (Lipinski definition) is 6. The molecule has 2 heterocycles.